The number of amides is 1. The van der Waals surface area contributed by atoms with Gasteiger partial charge < -0.3 is 19.9 Å². The second-order valence-electron chi connectivity index (χ2n) is 11.7. The van der Waals surface area contributed by atoms with Crippen molar-refractivity contribution < 1.29 is 41.3 Å². The first-order chi connectivity index (χ1) is 24.2. The summed E-state index contributed by atoms with van der Waals surface area (Å²) in [6.45, 7) is 1.76. The Kier molecular flexibility index (Phi) is 10.9. The summed E-state index contributed by atoms with van der Waals surface area (Å²) >= 11 is 1.59. The molecule has 2 N–H and O–H groups in total. The molecular weight excluding hydrogens is 675 g/mol. The zero-order valence-electron chi connectivity index (χ0n) is 26.6. The molecule has 0 saturated carbocycles. The van der Waals surface area contributed by atoms with Crippen LogP contribution in [0.4, 0.5) is 22.0 Å². The van der Waals surface area contributed by atoms with E-state index in [0.717, 1.165) is 27.3 Å². The molecule has 0 bridgehead atoms. The van der Waals surface area contributed by atoms with Gasteiger partial charge in [-0.2, -0.15) is 0 Å². The fraction of sp³-hybridized carbons (Fsp3) is 0.211. The van der Waals surface area contributed by atoms with E-state index < -0.39 is 46.8 Å². The average Bonchev–Trinajstić information content (AvgIpc) is 3.16. The van der Waals surface area contributed by atoms with Crippen LogP contribution in [0.5, 0.6) is 0 Å². The van der Waals surface area contributed by atoms with Crippen LogP contribution in [0.1, 0.15) is 51.9 Å². The number of aliphatic hydroxyl groups excluding tert-OH is 1. The van der Waals surface area contributed by atoms with Gasteiger partial charge in [0.05, 0.1) is 23.8 Å². The normalized spacial score (nSPS) is 18.9. The van der Waals surface area contributed by atoms with E-state index in [1.807, 2.05) is 66.7 Å². The van der Waals surface area contributed by atoms with E-state index in [9.17, 15) is 31.9 Å². The maximum Gasteiger partial charge on any atom is 0.257 e. The van der Waals surface area contributed by atoms with Gasteiger partial charge in [0.15, 0.2) is 29.6 Å². The van der Waals surface area contributed by atoms with Crippen molar-refractivity contribution >= 4 is 17.7 Å². The largest absolute Gasteiger partial charge is 0.392 e. The Hall–Kier alpha value is -4.62. The number of pyridine rings is 1. The highest BCUT2D eigenvalue weighted by Crippen LogP contribution is 2.43. The lowest BCUT2D eigenvalue weighted by atomic mass is 9.91. The number of nitrogens with one attached hydrogen (secondary N) is 1. The summed E-state index contributed by atoms with van der Waals surface area (Å²) in [5.41, 5.74) is 2.88. The Labute approximate surface area is 289 Å². The van der Waals surface area contributed by atoms with Crippen molar-refractivity contribution in [3.05, 3.63) is 154 Å². The number of aromatic nitrogens is 1. The van der Waals surface area contributed by atoms with Crippen LogP contribution in [-0.4, -0.2) is 27.9 Å². The highest BCUT2D eigenvalue weighted by Gasteiger charge is 2.38. The zero-order valence-corrected chi connectivity index (χ0v) is 27.4. The lowest BCUT2D eigenvalue weighted by Gasteiger charge is -2.41. The molecule has 6 rings (SSSR count). The van der Waals surface area contributed by atoms with Gasteiger partial charge in [-0.25, -0.2) is 26.9 Å². The van der Waals surface area contributed by atoms with Gasteiger partial charge in [-0.1, -0.05) is 85.8 Å². The quantitative estimate of drug-likeness (QED) is 0.0657. The summed E-state index contributed by atoms with van der Waals surface area (Å²) in [5, 5.41) is 12.7. The number of ether oxygens (including phenoxy) is 2. The minimum atomic E-state index is -2.34. The standard InChI is InChI=1S/C38H31F5N2O4S/c1-21-28(20-50-29-8-4-5-17-44-29)48-38(49-36(21)24-11-9-22(19-46)10-12-24)25-15-13-23(14-16-25)27-7-3-2-6-26(27)18-45-37(47)30-31(39)33(41)35(43)34(42)32(30)40/h2-17,21,28,36,38,46H,18-20H2,1H3,(H,45,47)/t21-,28+,36+,38+/m0/s1. The predicted octanol–water partition coefficient (Wildman–Crippen LogP) is 8.45. The highest BCUT2D eigenvalue weighted by atomic mass is 32.2. The van der Waals surface area contributed by atoms with Crippen molar-refractivity contribution in [3.8, 4) is 11.1 Å². The van der Waals surface area contributed by atoms with Gasteiger partial charge in [0.2, 0.25) is 5.82 Å². The summed E-state index contributed by atoms with van der Waals surface area (Å²) in [7, 11) is 0. The van der Waals surface area contributed by atoms with E-state index in [-0.39, 0.29) is 31.3 Å². The monoisotopic (exact) mass is 706 g/mol. The van der Waals surface area contributed by atoms with Crippen molar-refractivity contribution in [1.29, 1.82) is 0 Å². The Morgan fingerprint density at radius 1 is 0.800 bits per heavy atom. The number of halogens is 5. The molecule has 1 aliphatic heterocycles. The summed E-state index contributed by atoms with van der Waals surface area (Å²) in [5.74, 6) is -12.0. The van der Waals surface area contributed by atoms with Crippen molar-refractivity contribution in [2.24, 2.45) is 5.92 Å². The van der Waals surface area contributed by atoms with Crippen molar-refractivity contribution in [1.82, 2.24) is 10.3 Å². The van der Waals surface area contributed by atoms with Crippen LogP contribution in [0.3, 0.4) is 0 Å². The van der Waals surface area contributed by atoms with Crippen LogP contribution in [0, 0.1) is 35.0 Å². The fourth-order valence-electron chi connectivity index (χ4n) is 5.75. The predicted molar refractivity (Wildman–Crippen MR) is 177 cm³/mol. The number of hydrogen-bond donors (Lipinski definition) is 2. The number of nitrogens with zero attached hydrogens (tertiary/aromatic N) is 1. The van der Waals surface area contributed by atoms with Gasteiger partial charge in [-0.05, 0) is 39.9 Å². The molecule has 5 aromatic rings. The first-order valence-corrected chi connectivity index (χ1v) is 16.7. The van der Waals surface area contributed by atoms with E-state index in [4.69, 9.17) is 9.47 Å². The van der Waals surface area contributed by atoms with Crippen LogP contribution >= 0.6 is 11.8 Å². The maximum absolute atomic E-state index is 14.2. The summed E-state index contributed by atoms with van der Waals surface area (Å²) < 4.78 is 82.4. The lowest BCUT2D eigenvalue weighted by Crippen LogP contribution is -2.38. The molecule has 0 aliphatic carbocycles. The molecule has 0 radical (unpaired) electrons. The van der Waals surface area contributed by atoms with Gasteiger partial charge in [-0.3, -0.25) is 4.79 Å². The molecular formula is C38H31F5N2O4S. The van der Waals surface area contributed by atoms with Crippen LogP contribution in [0.15, 0.2) is 102 Å². The van der Waals surface area contributed by atoms with Crippen LogP contribution in [0.2, 0.25) is 0 Å². The highest BCUT2D eigenvalue weighted by molar-refractivity contribution is 7.99. The van der Waals surface area contributed by atoms with Gasteiger partial charge in [0.1, 0.15) is 5.56 Å². The van der Waals surface area contributed by atoms with Crippen LogP contribution < -0.4 is 5.32 Å². The molecule has 50 heavy (non-hydrogen) atoms. The van der Waals surface area contributed by atoms with Crippen molar-refractivity contribution in [2.75, 3.05) is 5.75 Å². The molecule has 1 fully saturated rings. The van der Waals surface area contributed by atoms with Gasteiger partial charge in [0, 0.05) is 30.0 Å². The third-order valence-corrected chi connectivity index (χ3v) is 9.58. The number of aliphatic hydroxyl groups is 1. The molecule has 4 atom stereocenters. The second kappa shape index (κ2) is 15.5. The minimum Gasteiger partial charge on any atom is -0.392 e. The number of carbonyl (C=O) groups is 1. The van der Waals surface area contributed by atoms with Gasteiger partial charge in [-0.15, -0.1) is 11.8 Å². The molecule has 0 unspecified atom stereocenters. The van der Waals surface area contributed by atoms with E-state index in [2.05, 4.69) is 17.2 Å². The Bertz CT molecular complexity index is 1940. The summed E-state index contributed by atoms with van der Waals surface area (Å²) in [6.07, 6.45) is 0.516. The van der Waals surface area contributed by atoms with Gasteiger partial charge in [0.25, 0.3) is 5.91 Å². The van der Waals surface area contributed by atoms with Crippen molar-refractivity contribution in [2.45, 2.75) is 43.6 Å². The number of benzene rings is 4. The first-order valence-electron chi connectivity index (χ1n) is 15.7. The smallest absolute Gasteiger partial charge is 0.257 e. The van der Waals surface area contributed by atoms with E-state index in [0.29, 0.717) is 16.9 Å². The number of carbonyl (C=O) groups excluding carboxylic acids is 1. The third-order valence-electron chi connectivity index (χ3n) is 8.54. The zero-order chi connectivity index (χ0) is 35.4. The molecule has 6 nitrogen and oxygen atoms in total. The van der Waals surface area contributed by atoms with Crippen LogP contribution in [0.25, 0.3) is 11.1 Å². The molecule has 1 saturated heterocycles. The van der Waals surface area contributed by atoms with E-state index >= 15 is 0 Å². The topological polar surface area (TPSA) is 80.7 Å². The Balaban J connectivity index is 1.21. The SMILES string of the molecule is C[C@H]1[C@@H](CSc2ccccn2)O[C@@H](c2ccc(-c3ccccc3CNC(=O)c3c(F)c(F)c(F)c(F)c3F)cc2)O[C@H]1c1ccc(CO)cc1. The molecule has 0 spiro atoms. The first kappa shape index (κ1) is 35.2. The molecule has 12 heteroatoms. The average molecular weight is 707 g/mol. The molecule has 1 amide bonds. The number of rotatable bonds is 10. The number of hydrogen-bond acceptors (Lipinski definition) is 6. The summed E-state index contributed by atoms with van der Waals surface area (Å²) in [6, 6.07) is 27.7. The molecule has 258 valence electrons. The molecule has 1 aliphatic rings. The van der Waals surface area contributed by atoms with Crippen molar-refractivity contribution in [3.63, 3.8) is 0 Å². The van der Waals surface area contributed by atoms with Gasteiger partial charge >= 0.3 is 0 Å². The summed E-state index contributed by atoms with van der Waals surface area (Å²) in [4.78, 5) is 17.0. The maximum atomic E-state index is 14.2. The molecule has 1 aromatic heterocycles. The number of thioether (sulfide) groups is 1. The second-order valence-corrected chi connectivity index (χ2v) is 12.7. The fourth-order valence-corrected chi connectivity index (χ4v) is 6.78. The molecule has 2 heterocycles. The van der Waals surface area contributed by atoms with E-state index in [1.54, 1.807) is 42.2 Å². The Morgan fingerprint density at radius 2 is 1.44 bits per heavy atom. The van der Waals surface area contributed by atoms with E-state index in [1.165, 1.54) is 0 Å². The Morgan fingerprint density at radius 3 is 2.10 bits per heavy atom. The minimum absolute atomic E-state index is 0.0198. The van der Waals surface area contributed by atoms with Crippen LogP contribution in [-0.2, 0) is 22.6 Å². The third kappa shape index (κ3) is 7.43. The molecule has 4 aromatic carbocycles. The lowest BCUT2D eigenvalue weighted by molar-refractivity contribution is -0.268.